The van der Waals surface area contributed by atoms with Crippen LogP contribution in [0.3, 0.4) is 0 Å². The molecule has 0 radical (unpaired) electrons. The molecular weight excluding hydrogens is 456 g/mol. The molecule has 9 nitrogen and oxygen atoms in total. The minimum absolute atomic E-state index is 0.159. The summed E-state index contributed by atoms with van der Waals surface area (Å²) in [5.41, 5.74) is 1.37. The van der Waals surface area contributed by atoms with Crippen LogP contribution >= 0.6 is 11.5 Å². The number of nitrogens with zero attached hydrogens (tertiary/aromatic N) is 2. The van der Waals surface area contributed by atoms with Crippen molar-refractivity contribution >= 4 is 23.3 Å². The van der Waals surface area contributed by atoms with Crippen molar-refractivity contribution in [2.75, 3.05) is 20.8 Å². The van der Waals surface area contributed by atoms with Crippen molar-refractivity contribution in [2.24, 2.45) is 0 Å². The zero-order chi connectivity index (χ0) is 23.9. The SMILES string of the molecule is COc1cccc(Cc2nsc(Oc3cc(C(=O)NC4CCCCNC4=O)ccc3OC)n2)c1. The van der Waals surface area contributed by atoms with Gasteiger partial charge in [0.2, 0.25) is 5.91 Å². The van der Waals surface area contributed by atoms with Gasteiger partial charge in [-0.25, -0.2) is 0 Å². The molecule has 1 aliphatic rings. The van der Waals surface area contributed by atoms with Crippen LogP contribution in [0.15, 0.2) is 42.5 Å². The third-order valence-corrected chi connectivity index (χ3v) is 6.04. The molecule has 2 heterocycles. The van der Waals surface area contributed by atoms with Gasteiger partial charge in [-0.05, 0) is 55.2 Å². The van der Waals surface area contributed by atoms with E-state index in [1.807, 2.05) is 24.3 Å². The average Bonchev–Trinajstić information content (AvgIpc) is 3.18. The van der Waals surface area contributed by atoms with Crippen LogP contribution in [0.1, 0.15) is 41.0 Å². The Bertz CT molecular complexity index is 1170. The Labute approximate surface area is 201 Å². The molecule has 1 atom stereocenters. The molecule has 0 aliphatic carbocycles. The van der Waals surface area contributed by atoms with Gasteiger partial charge in [0.05, 0.1) is 14.2 Å². The zero-order valence-electron chi connectivity index (χ0n) is 19.0. The van der Waals surface area contributed by atoms with Gasteiger partial charge in [-0.2, -0.15) is 9.36 Å². The molecule has 2 N–H and O–H groups in total. The first-order valence-electron chi connectivity index (χ1n) is 11.0. The maximum absolute atomic E-state index is 12.8. The molecule has 0 saturated carbocycles. The molecule has 10 heteroatoms. The third-order valence-electron chi connectivity index (χ3n) is 5.41. The van der Waals surface area contributed by atoms with Crippen LogP contribution in [0.25, 0.3) is 0 Å². The maximum atomic E-state index is 12.8. The molecular formula is C24H26N4O5S. The predicted octanol–water partition coefficient (Wildman–Crippen LogP) is 3.34. The molecule has 1 aromatic heterocycles. The minimum Gasteiger partial charge on any atom is -0.497 e. The van der Waals surface area contributed by atoms with Crippen LogP contribution in [0.2, 0.25) is 0 Å². The number of ether oxygens (including phenoxy) is 3. The van der Waals surface area contributed by atoms with Crippen molar-refractivity contribution in [3.8, 4) is 22.4 Å². The van der Waals surface area contributed by atoms with Crippen LogP contribution < -0.4 is 24.8 Å². The van der Waals surface area contributed by atoms with E-state index in [2.05, 4.69) is 20.0 Å². The van der Waals surface area contributed by atoms with E-state index >= 15 is 0 Å². The van der Waals surface area contributed by atoms with Crippen molar-refractivity contribution in [2.45, 2.75) is 31.7 Å². The molecule has 2 aromatic carbocycles. The van der Waals surface area contributed by atoms with Crippen LogP contribution in [0, 0.1) is 0 Å². The van der Waals surface area contributed by atoms with E-state index in [0.717, 1.165) is 35.7 Å². The van der Waals surface area contributed by atoms with E-state index in [1.165, 1.54) is 7.11 Å². The first-order valence-corrected chi connectivity index (χ1v) is 11.7. The van der Waals surface area contributed by atoms with E-state index in [4.69, 9.17) is 14.2 Å². The molecule has 1 unspecified atom stereocenters. The molecule has 34 heavy (non-hydrogen) atoms. The molecule has 1 aliphatic heterocycles. The molecule has 4 rings (SSSR count). The lowest BCUT2D eigenvalue weighted by Crippen LogP contribution is -2.45. The number of nitrogens with one attached hydrogen (secondary N) is 2. The summed E-state index contributed by atoms with van der Waals surface area (Å²) in [7, 11) is 3.14. The fraction of sp³-hybridized carbons (Fsp3) is 0.333. The van der Waals surface area contributed by atoms with Gasteiger partial charge in [0.15, 0.2) is 17.3 Å². The summed E-state index contributed by atoms with van der Waals surface area (Å²) in [6, 6.07) is 12.0. The number of amides is 2. The second-order valence-electron chi connectivity index (χ2n) is 7.79. The summed E-state index contributed by atoms with van der Waals surface area (Å²) >= 11 is 1.11. The number of rotatable bonds is 8. The lowest BCUT2D eigenvalue weighted by molar-refractivity contribution is -0.122. The Hall–Kier alpha value is -3.66. The summed E-state index contributed by atoms with van der Waals surface area (Å²) < 4.78 is 20.9. The van der Waals surface area contributed by atoms with Gasteiger partial charge in [-0.3, -0.25) is 9.59 Å². The van der Waals surface area contributed by atoms with Gasteiger partial charge in [0.1, 0.15) is 11.8 Å². The van der Waals surface area contributed by atoms with Gasteiger partial charge in [0, 0.05) is 30.1 Å². The first-order chi connectivity index (χ1) is 16.6. The van der Waals surface area contributed by atoms with Crippen LogP contribution in [-0.2, 0) is 11.2 Å². The molecule has 3 aromatic rings. The van der Waals surface area contributed by atoms with Gasteiger partial charge in [0.25, 0.3) is 11.1 Å². The van der Waals surface area contributed by atoms with Crippen LogP contribution in [-0.4, -0.2) is 48.0 Å². The second-order valence-corrected chi connectivity index (χ2v) is 8.50. The highest BCUT2D eigenvalue weighted by Gasteiger charge is 2.23. The summed E-state index contributed by atoms with van der Waals surface area (Å²) in [5, 5.41) is 5.96. The topological polar surface area (TPSA) is 112 Å². The highest BCUT2D eigenvalue weighted by Crippen LogP contribution is 2.33. The van der Waals surface area contributed by atoms with Crippen LogP contribution in [0.5, 0.6) is 22.4 Å². The zero-order valence-corrected chi connectivity index (χ0v) is 19.8. The number of carbonyl (C=O) groups excluding carboxylic acids is 2. The largest absolute Gasteiger partial charge is 0.497 e. The van der Waals surface area contributed by atoms with E-state index in [1.54, 1.807) is 25.3 Å². The Morgan fingerprint density at radius 3 is 2.85 bits per heavy atom. The minimum atomic E-state index is -0.552. The Balaban J connectivity index is 1.47. The smallest absolute Gasteiger partial charge is 0.298 e. The van der Waals surface area contributed by atoms with Crippen molar-refractivity contribution < 1.29 is 23.8 Å². The third kappa shape index (κ3) is 5.82. The summed E-state index contributed by atoms with van der Waals surface area (Å²) in [4.78, 5) is 29.4. The fourth-order valence-electron chi connectivity index (χ4n) is 3.63. The monoisotopic (exact) mass is 482 g/mol. The second kappa shape index (κ2) is 11.0. The van der Waals surface area contributed by atoms with Gasteiger partial charge < -0.3 is 24.8 Å². The quantitative estimate of drug-likeness (QED) is 0.506. The van der Waals surface area contributed by atoms with E-state index in [-0.39, 0.29) is 11.8 Å². The number of methoxy groups -OCH3 is 2. The van der Waals surface area contributed by atoms with E-state index in [0.29, 0.717) is 47.5 Å². The Morgan fingerprint density at radius 1 is 1.15 bits per heavy atom. The van der Waals surface area contributed by atoms with E-state index in [9.17, 15) is 9.59 Å². The first kappa shape index (κ1) is 23.5. The molecule has 2 amide bonds. The molecule has 1 saturated heterocycles. The van der Waals surface area contributed by atoms with Crippen molar-refractivity contribution in [1.29, 1.82) is 0 Å². The van der Waals surface area contributed by atoms with Gasteiger partial charge in [-0.1, -0.05) is 12.1 Å². The Kier molecular flexibility index (Phi) is 7.58. The van der Waals surface area contributed by atoms with Gasteiger partial charge in [-0.15, -0.1) is 0 Å². The number of hydrogen-bond donors (Lipinski definition) is 2. The summed E-state index contributed by atoms with van der Waals surface area (Å²) in [6.07, 6.45) is 2.91. The maximum Gasteiger partial charge on any atom is 0.298 e. The lowest BCUT2D eigenvalue weighted by Gasteiger charge is -2.16. The summed E-state index contributed by atoms with van der Waals surface area (Å²) in [5.74, 6) is 1.66. The molecule has 0 bridgehead atoms. The standard InChI is InChI=1S/C24H26N4O5S/c1-31-17-7-5-6-15(12-17)13-21-27-24(34-28-21)33-20-14-16(9-10-19(20)32-2)22(29)26-18-8-3-4-11-25-23(18)30/h5-7,9-10,12,14,18H,3-4,8,11,13H2,1-2H3,(H,25,30)(H,26,29). The number of hydrogen-bond acceptors (Lipinski definition) is 8. The number of carbonyl (C=O) groups is 2. The molecule has 0 spiro atoms. The predicted molar refractivity (Wildman–Crippen MR) is 127 cm³/mol. The van der Waals surface area contributed by atoms with E-state index < -0.39 is 6.04 Å². The summed E-state index contributed by atoms with van der Waals surface area (Å²) in [6.45, 7) is 0.632. The lowest BCUT2D eigenvalue weighted by atomic mass is 10.1. The number of benzene rings is 2. The average molecular weight is 483 g/mol. The molecule has 178 valence electrons. The Morgan fingerprint density at radius 2 is 2.03 bits per heavy atom. The molecule has 1 fully saturated rings. The number of aromatic nitrogens is 2. The highest BCUT2D eigenvalue weighted by atomic mass is 32.1. The fourth-order valence-corrected chi connectivity index (χ4v) is 4.19. The van der Waals surface area contributed by atoms with Crippen LogP contribution in [0.4, 0.5) is 0 Å². The normalized spacial score (nSPS) is 15.7. The highest BCUT2D eigenvalue weighted by molar-refractivity contribution is 7.07. The van der Waals surface area contributed by atoms with Gasteiger partial charge >= 0.3 is 0 Å². The van der Waals surface area contributed by atoms with Crippen molar-refractivity contribution in [1.82, 2.24) is 20.0 Å². The van der Waals surface area contributed by atoms with Crippen molar-refractivity contribution in [3.05, 3.63) is 59.4 Å². The van der Waals surface area contributed by atoms with Crippen molar-refractivity contribution in [3.63, 3.8) is 0 Å².